The highest BCUT2D eigenvalue weighted by Gasteiger charge is 2.22. The first-order chi connectivity index (χ1) is 13.9. The van der Waals surface area contributed by atoms with E-state index in [1.807, 2.05) is 37.3 Å². The van der Waals surface area contributed by atoms with Crippen molar-refractivity contribution in [1.29, 1.82) is 0 Å². The van der Waals surface area contributed by atoms with E-state index in [2.05, 4.69) is 10.4 Å². The minimum absolute atomic E-state index is 0.191. The van der Waals surface area contributed by atoms with E-state index in [1.165, 1.54) is 6.08 Å². The van der Waals surface area contributed by atoms with Crippen LogP contribution in [0.3, 0.4) is 0 Å². The second kappa shape index (κ2) is 9.74. The average Bonchev–Trinajstić information content (AvgIpc) is 3.29. The number of aryl methyl sites for hydroxylation is 1. The number of nitrogens with one attached hydrogen (secondary N) is 1. The zero-order chi connectivity index (χ0) is 20.8. The first-order valence-corrected chi connectivity index (χ1v) is 10.3. The smallest absolute Gasteiger partial charge is 0.331 e. The third-order valence-corrected chi connectivity index (χ3v) is 5.43. The minimum Gasteiger partial charge on any atom is -0.449 e. The molecule has 1 amide bonds. The molecule has 1 N–H and O–H groups in total. The van der Waals surface area contributed by atoms with Crippen LogP contribution in [0.2, 0.25) is 5.15 Å². The second-order valence-corrected chi connectivity index (χ2v) is 7.69. The molecule has 1 heterocycles. The lowest BCUT2D eigenvalue weighted by atomic mass is 10.2. The number of hydrogen-bond acceptors (Lipinski definition) is 4. The lowest BCUT2D eigenvalue weighted by Gasteiger charge is -2.16. The summed E-state index contributed by atoms with van der Waals surface area (Å²) in [5, 5.41) is 7.82. The van der Waals surface area contributed by atoms with Gasteiger partial charge in [0.05, 0.1) is 12.2 Å². The number of ether oxygens (including phenoxy) is 1. The van der Waals surface area contributed by atoms with Crippen LogP contribution in [0, 0.1) is 6.92 Å². The van der Waals surface area contributed by atoms with Crippen molar-refractivity contribution in [3.63, 3.8) is 0 Å². The predicted molar refractivity (Wildman–Crippen MR) is 113 cm³/mol. The zero-order valence-electron chi connectivity index (χ0n) is 16.7. The van der Waals surface area contributed by atoms with Crippen molar-refractivity contribution in [2.24, 2.45) is 0 Å². The average molecular weight is 416 g/mol. The maximum absolute atomic E-state index is 12.1. The molecule has 0 bridgehead atoms. The summed E-state index contributed by atoms with van der Waals surface area (Å²) in [5.41, 5.74) is 2.44. The van der Waals surface area contributed by atoms with Gasteiger partial charge in [-0.05, 0) is 38.3 Å². The lowest BCUT2D eigenvalue weighted by Crippen LogP contribution is -2.40. The van der Waals surface area contributed by atoms with Gasteiger partial charge in [0.2, 0.25) is 0 Å². The Balaban J connectivity index is 1.58. The third kappa shape index (κ3) is 5.70. The number of halogens is 1. The number of esters is 1. The van der Waals surface area contributed by atoms with Gasteiger partial charge in [-0.15, -0.1) is 0 Å². The Morgan fingerprint density at radius 3 is 2.69 bits per heavy atom. The fourth-order valence-corrected chi connectivity index (χ4v) is 3.72. The normalized spacial score (nSPS) is 15.6. The molecule has 1 aromatic carbocycles. The molecule has 7 heteroatoms. The summed E-state index contributed by atoms with van der Waals surface area (Å²) in [7, 11) is 0. The quantitative estimate of drug-likeness (QED) is 0.549. The number of carbonyl (C=O) groups excluding carboxylic acids is 2. The number of benzene rings is 1. The Morgan fingerprint density at radius 2 is 2.00 bits per heavy atom. The standard InChI is InChI=1S/C22H26ClN3O3/c1-15-19(21(23)26(25-15)14-17-8-4-3-5-9-17)12-13-20(27)29-16(2)22(28)24-18-10-6-7-11-18/h3-5,8-9,12-13,16,18H,6-7,10-11,14H2,1-2H3,(H,24,28)/b13-12+. The molecule has 0 radical (unpaired) electrons. The maximum atomic E-state index is 12.1. The topological polar surface area (TPSA) is 73.2 Å². The van der Waals surface area contributed by atoms with Crippen LogP contribution in [0.15, 0.2) is 36.4 Å². The summed E-state index contributed by atoms with van der Waals surface area (Å²) < 4.78 is 6.91. The summed E-state index contributed by atoms with van der Waals surface area (Å²) in [6, 6.07) is 10.1. The molecule has 29 heavy (non-hydrogen) atoms. The molecule has 154 valence electrons. The van der Waals surface area contributed by atoms with E-state index < -0.39 is 12.1 Å². The Hall–Kier alpha value is -2.60. The summed E-state index contributed by atoms with van der Waals surface area (Å²) in [6.07, 6.45) is 6.23. The van der Waals surface area contributed by atoms with Gasteiger partial charge in [-0.25, -0.2) is 9.48 Å². The maximum Gasteiger partial charge on any atom is 0.331 e. The first kappa shape index (κ1) is 21.1. The van der Waals surface area contributed by atoms with Crippen LogP contribution in [0.1, 0.15) is 49.4 Å². The molecule has 6 nitrogen and oxygen atoms in total. The molecule has 1 aromatic heterocycles. The summed E-state index contributed by atoms with van der Waals surface area (Å²) in [4.78, 5) is 24.3. The van der Waals surface area contributed by atoms with E-state index in [0.717, 1.165) is 31.2 Å². The van der Waals surface area contributed by atoms with Crippen molar-refractivity contribution in [2.45, 2.75) is 58.2 Å². The van der Waals surface area contributed by atoms with Crippen LogP contribution in [0.25, 0.3) is 6.08 Å². The fraction of sp³-hybridized carbons (Fsp3) is 0.409. The predicted octanol–water partition coefficient (Wildman–Crippen LogP) is 3.90. The highest BCUT2D eigenvalue weighted by atomic mass is 35.5. The van der Waals surface area contributed by atoms with Crippen LogP contribution < -0.4 is 5.32 Å². The van der Waals surface area contributed by atoms with Crippen LogP contribution in [0.5, 0.6) is 0 Å². The number of amides is 1. The van der Waals surface area contributed by atoms with Gasteiger partial charge in [-0.3, -0.25) is 4.79 Å². The monoisotopic (exact) mass is 415 g/mol. The summed E-state index contributed by atoms with van der Waals surface area (Å²) in [5.74, 6) is -0.853. The van der Waals surface area contributed by atoms with Crippen molar-refractivity contribution >= 4 is 29.6 Å². The number of nitrogens with zero attached hydrogens (tertiary/aromatic N) is 2. The molecule has 1 unspecified atom stereocenters. The molecule has 1 saturated carbocycles. The highest BCUT2D eigenvalue weighted by Crippen LogP contribution is 2.22. The summed E-state index contributed by atoms with van der Waals surface area (Å²) >= 11 is 6.45. The molecule has 0 saturated heterocycles. The van der Waals surface area contributed by atoms with Gasteiger partial charge in [-0.1, -0.05) is 54.8 Å². The van der Waals surface area contributed by atoms with Crippen LogP contribution >= 0.6 is 11.6 Å². The van der Waals surface area contributed by atoms with E-state index in [0.29, 0.717) is 23.0 Å². The van der Waals surface area contributed by atoms with Crippen molar-refractivity contribution in [2.75, 3.05) is 0 Å². The zero-order valence-corrected chi connectivity index (χ0v) is 17.5. The third-order valence-electron chi connectivity index (χ3n) is 5.03. The molecule has 1 atom stereocenters. The molecular weight excluding hydrogens is 390 g/mol. The Labute approximate surface area is 175 Å². The largest absolute Gasteiger partial charge is 0.449 e. The van der Waals surface area contributed by atoms with Crippen LogP contribution in [0.4, 0.5) is 0 Å². The van der Waals surface area contributed by atoms with Gasteiger partial charge in [0.1, 0.15) is 5.15 Å². The Bertz CT molecular complexity index is 886. The van der Waals surface area contributed by atoms with Crippen molar-refractivity contribution < 1.29 is 14.3 Å². The minimum atomic E-state index is -0.842. The Kier molecular flexibility index (Phi) is 7.09. The van der Waals surface area contributed by atoms with Gasteiger partial charge >= 0.3 is 5.97 Å². The molecule has 3 rings (SSSR count). The van der Waals surface area contributed by atoms with Gasteiger partial charge in [0, 0.05) is 17.7 Å². The van der Waals surface area contributed by atoms with Gasteiger partial charge in [0.25, 0.3) is 5.91 Å². The van der Waals surface area contributed by atoms with E-state index in [4.69, 9.17) is 16.3 Å². The SMILES string of the molecule is Cc1nn(Cc2ccccc2)c(Cl)c1/C=C/C(=O)OC(C)C(=O)NC1CCCC1. The van der Waals surface area contributed by atoms with Crippen molar-refractivity contribution in [3.05, 3.63) is 58.4 Å². The van der Waals surface area contributed by atoms with Gasteiger partial charge < -0.3 is 10.1 Å². The van der Waals surface area contributed by atoms with Crippen LogP contribution in [-0.4, -0.2) is 33.8 Å². The number of carbonyl (C=O) groups is 2. The second-order valence-electron chi connectivity index (χ2n) is 7.34. The molecule has 1 fully saturated rings. The van der Waals surface area contributed by atoms with Crippen LogP contribution in [-0.2, 0) is 20.9 Å². The molecule has 1 aliphatic rings. The van der Waals surface area contributed by atoms with Crippen molar-refractivity contribution in [1.82, 2.24) is 15.1 Å². The van der Waals surface area contributed by atoms with E-state index in [-0.39, 0.29) is 11.9 Å². The molecule has 0 spiro atoms. The summed E-state index contributed by atoms with van der Waals surface area (Å²) in [6.45, 7) is 3.94. The molecule has 0 aliphatic heterocycles. The van der Waals surface area contributed by atoms with Crippen molar-refractivity contribution in [3.8, 4) is 0 Å². The van der Waals surface area contributed by atoms with E-state index in [9.17, 15) is 9.59 Å². The lowest BCUT2D eigenvalue weighted by molar-refractivity contribution is -0.150. The molecular formula is C22H26ClN3O3. The van der Waals surface area contributed by atoms with Gasteiger partial charge in [0.15, 0.2) is 6.10 Å². The number of hydrogen-bond donors (Lipinski definition) is 1. The first-order valence-electron chi connectivity index (χ1n) is 9.90. The highest BCUT2D eigenvalue weighted by molar-refractivity contribution is 6.31. The van der Waals surface area contributed by atoms with E-state index in [1.54, 1.807) is 17.7 Å². The number of rotatable bonds is 7. The van der Waals surface area contributed by atoms with Gasteiger partial charge in [-0.2, -0.15) is 5.10 Å². The fourth-order valence-electron chi connectivity index (χ4n) is 3.42. The molecule has 2 aromatic rings. The van der Waals surface area contributed by atoms with E-state index >= 15 is 0 Å². The molecule has 1 aliphatic carbocycles. The Morgan fingerprint density at radius 1 is 1.31 bits per heavy atom. The number of aromatic nitrogens is 2.